The molecule has 10 heteroatoms. The number of nitrogens with two attached hydrogens (primary N) is 1. The zero-order valence-electron chi connectivity index (χ0n) is 16.1. The van der Waals surface area contributed by atoms with Gasteiger partial charge in [0.05, 0.1) is 11.4 Å². The second-order valence-electron chi connectivity index (χ2n) is 6.48. The fraction of sp³-hybridized carbons (Fsp3) is 0.316. The summed E-state index contributed by atoms with van der Waals surface area (Å²) >= 11 is 5.95. The number of sulfonamides is 1. The molecule has 1 aliphatic heterocycles. The van der Waals surface area contributed by atoms with E-state index in [1.807, 2.05) is 35.2 Å². The van der Waals surface area contributed by atoms with E-state index in [0.717, 1.165) is 42.5 Å². The monoisotopic (exact) mass is 549 g/mol. The van der Waals surface area contributed by atoms with Crippen molar-refractivity contribution in [2.45, 2.75) is 11.4 Å². The van der Waals surface area contributed by atoms with Crippen molar-refractivity contribution in [2.75, 3.05) is 38.1 Å². The van der Waals surface area contributed by atoms with E-state index in [-0.39, 0.29) is 28.9 Å². The lowest BCUT2D eigenvalue weighted by Gasteiger charge is -2.36. The summed E-state index contributed by atoms with van der Waals surface area (Å²) in [6, 6.07) is 14.5. The molecule has 1 saturated heterocycles. The maximum absolute atomic E-state index is 11.9. The van der Waals surface area contributed by atoms with Crippen molar-refractivity contribution in [3.8, 4) is 0 Å². The smallest absolute Gasteiger partial charge is 0.240 e. The van der Waals surface area contributed by atoms with Gasteiger partial charge in [0, 0.05) is 36.9 Å². The molecule has 0 amide bonds. The third kappa shape index (κ3) is 6.21. The molecular weight excluding hydrogens is 525 g/mol. The second kappa shape index (κ2) is 10.5. The first-order chi connectivity index (χ1) is 13.4. The summed E-state index contributed by atoms with van der Waals surface area (Å²) in [6.45, 7) is 3.55. The van der Waals surface area contributed by atoms with Gasteiger partial charge in [0.1, 0.15) is 0 Å². The van der Waals surface area contributed by atoms with Crippen molar-refractivity contribution in [1.82, 2.24) is 9.62 Å². The average Bonchev–Trinajstić information content (AvgIpc) is 2.73. The maximum Gasteiger partial charge on any atom is 0.240 e. The molecule has 0 aromatic heterocycles. The van der Waals surface area contributed by atoms with Crippen LogP contribution in [0.15, 0.2) is 58.4 Å². The number of hydrogen-bond donors (Lipinski definition) is 2. The number of halogens is 2. The number of nitrogens with one attached hydrogen (secondary N) is 1. The summed E-state index contributed by atoms with van der Waals surface area (Å²) < 4.78 is 26.1. The van der Waals surface area contributed by atoms with E-state index in [1.165, 1.54) is 7.05 Å². The number of benzene rings is 2. The van der Waals surface area contributed by atoms with E-state index in [2.05, 4.69) is 14.6 Å². The van der Waals surface area contributed by atoms with Crippen LogP contribution in [0.3, 0.4) is 0 Å². The molecule has 2 aromatic rings. The molecule has 1 heterocycles. The van der Waals surface area contributed by atoms with Crippen LogP contribution in [0.5, 0.6) is 0 Å². The van der Waals surface area contributed by atoms with Crippen molar-refractivity contribution >= 4 is 57.2 Å². The summed E-state index contributed by atoms with van der Waals surface area (Å²) in [5, 5.41) is 0.727. The predicted molar refractivity (Wildman–Crippen MR) is 129 cm³/mol. The molecular formula is C19H25ClIN5O2S. The average molecular weight is 550 g/mol. The van der Waals surface area contributed by atoms with Crippen LogP contribution in [0.25, 0.3) is 0 Å². The van der Waals surface area contributed by atoms with E-state index in [1.54, 1.807) is 18.2 Å². The Labute approximate surface area is 194 Å². The summed E-state index contributed by atoms with van der Waals surface area (Å²) in [5.41, 5.74) is 8.09. The van der Waals surface area contributed by atoms with Gasteiger partial charge in [-0.25, -0.2) is 18.1 Å². The molecule has 0 atom stereocenters. The lowest BCUT2D eigenvalue weighted by Crippen LogP contribution is -2.51. The highest BCUT2D eigenvalue weighted by atomic mass is 127. The Kier molecular flexibility index (Phi) is 8.56. The molecule has 158 valence electrons. The third-order valence-corrected chi connectivity index (χ3v) is 6.36. The maximum atomic E-state index is 11.9. The molecule has 0 radical (unpaired) electrons. The fourth-order valence-corrected chi connectivity index (χ4v) is 3.97. The van der Waals surface area contributed by atoms with E-state index < -0.39 is 10.0 Å². The number of guanidine groups is 1. The van der Waals surface area contributed by atoms with E-state index >= 15 is 0 Å². The molecule has 0 bridgehead atoms. The Morgan fingerprint density at radius 3 is 2.41 bits per heavy atom. The van der Waals surface area contributed by atoms with Crippen LogP contribution in [-0.4, -0.2) is 52.5 Å². The van der Waals surface area contributed by atoms with Gasteiger partial charge in [0.25, 0.3) is 0 Å². The molecule has 29 heavy (non-hydrogen) atoms. The van der Waals surface area contributed by atoms with Gasteiger partial charge in [-0.3, -0.25) is 0 Å². The van der Waals surface area contributed by atoms with E-state index in [9.17, 15) is 8.42 Å². The number of anilines is 1. The van der Waals surface area contributed by atoms with Gasteiger partial charge in [0.2, 0.25) is 10.0 Å². The number of nitrogens with zero attached hydrogens (tertiary/aromatic N) is 3. The summed E-state index contributed by atoms with van der Waals surface area (Å²) in [5.74, 6) is 0.470. The molecule has 2 aromatic carbocycles. The van der Waals surface area contributed by atoms with Gasteiger partial charge in [-0.05, 0) is 49.0 Å². The first kappa shape index (κ1) is 23.7. The van der Waals surface area contributed by atoms with Gasteiger partial charge < -0.3 is 15.5 Å². The minimum Gasteiger partial charge on any atom is -0.370 e. The SMILES string of the molecule is CNS(=O)(=O)c1cccc(CN=C(N)N2CCN(c3ccc(Cl)cc3)CC2)c1.I. The van der Waals surface area contributed by atoms with Crippen molar-refractivity contribution in [3.05, 3.63) is 59.1 Å². The van der Waals surface area contributed by atoms with Crippen LogP contribution in [0.2, 0.25) is 5.02 Å². The fourth-order valence-electron chi connectivity index (χ4n) is 3.05. The molecule has 0 spiro atoms. The number of hydrogen-bond acceptors (Lipinski definition) is 4. The number of aliphatic imine (C=N–C) groups is 1. The molecule has 3 N–H and O–H groups in total. The standard InChI is InChI=1S/C19H24ClN5O2S.HI/c1-22-28(26,27)18-4-2-3-15(13-18)14-23-19(21)25-11-9-24(10-12-25)17-7-5-16(20)6-8-17;/h2-8,13,22H,9-12,14H2,1H3,(H2,21,23);1H. The minimum atomic E-state index is -3.47. The molecule has 1 fully saturated rings. The topological polar surface area (TPSA) is 91.0 Å². The van der Waals surface area contributed by atoms with Crippen molar-refractivity contribution in [1.29, 1.82) is 0 Å². The van der Waals surface area contributed by atoms with Crippen LogP contribution in [-0.2, 0) is 16.6 Å². The van der Waals surface area contributed by atoms with Crippen molar-refractivity contribution < 1.29 is 8.42 Å². The third-order valence-electron chi connectivity index (χ3n) is 4.70. The van der Waals surface area contributed by atoms with Crippen LogP contribution in [0, 0.1) is 0 Å². The Hall–Kier alpha value is -1.56. The van der Waals surface area contributed by atoms with E-state index in [0.29, 0.717) is 12.5 Å². The lowest BCUT2D eigenvalue weighted by molar-refractivity contribution is 0.380. The summed E-state index contributed by atoms with van der Waals surface area (Å²) in [7, 11) is -2.08. The first-order valence-corrected chi connectivity index (χ1v) is 10.8. The van der Waals surface area contributed by atoms with Gasteiger partial charge in [-0.1, -0.05) is 23.7 Å². The largest absolute Gasteiger partial charge is 0.370 e. The number of rotatable bonds is 5. The van der Waals surface area contributed by atoms with Crippen LogP contribution >= 0.6 is 35.6 Å². The Bertz CT molecular complexity index is 945. The van der Waals surface area contributed by atoms with Crippen LogP contribution in [0.1, 0.15) is 5.56 Å². The van der Waals surface area contributed by atoms with Gasteiger partial charge >= 0.3 is 0 Å². The van der Waals surface area contributed by atoms with Gasteiger partial charge in [-0.2, -0.15) is 0 Å². The second-order valence-corrected chi connectivity index (χ2v) is 8.80. The van der Waals surface area contributed by atoms with Crippen molar-refractivity contribution in [2.24, 2.45) is 10.7 Å². The normalized spacial score (nSPS) is 15.2. The summed E-state index contributed by atoms with van der Waals surface area (Å²) in [6.07, 6.45) is 0. The van der Waals surface area contributed by atoms with E-state index in [4.69, 9.17) is 17.3 Å². The molecule has 7 nitrogen and oxygen atoms in total. The zero-order valence-corrected chi connectivity index (χ0v) is 20.0. The van der Waals surface area contributed by atoms with Crippen molar-refractivity contribution in [3.63, 3.8) is 0 Å². The molecule has 0 saturated carbocycles. The Balaban J connectivity index is 0.00000300. The molecule has 3 rings (SSSR count). The van der Waals surface area contributed by atoms with Gasteiger partial charge in [-0.15, -0.1) is 24.0 Å². The highest BCUT2D eigenvalue weighted by Crippen LogP contribution is 2.19. The predicted octanol–water partition coefficient (Wildman–Crippen LogP) is 2.50. The highest BCUT2D eigenvalue weighted by molar-refractivity contribution is 14.0. The Morgan fingerprint density at radius 1 is 1.14 bits per heavy atom. The minimum absolute atomic E-state index is 0. The summed E-state index contributed by atoms with van der Waals surface area (Å²) in [4.78, 5) is 8.99. The quantitative estimate of drug-likeness (QED) is 0.340. The highest BCUT2D eigenvalue weighted by Gasteiger charge is 2.18. The van der Waals surface area contributed by atoms with Crippen LogP contribution < -0.4 is 15.4 Å². The van der Waals surface area contributed by atoms with Gasteiger partial charge in [0.15, 0.2) is 5.96 Å². The lowest BCUT2D eigenvalue weighted by atomic mass is 10.2. The zero-order chi connectivity index (χ0) is 20.1. The molecule has 0 aliphatic carbocycles. The first-order valence-electron chi connectivity index (χ1n) is 8.97. The molecule has 1 aliphatic rings. The van der Waals surface area contributed by atoms with Crippen LogP contribution in [0.4, 0.5) is 5.69 Å². The molecule has 0 unspecified atom stereocenters. The Morgan fingerprint density at radius 2 is 1.79 bits per heavy atom. The number of piperazine rings is 1.